The predicted molar refractivity (Wildman–Crippen MR) is 84.8 cm³/mol. The van der Waals surface area contributed by atoms with Gasteiger partial charge in [-0.2, -0.15) is 0 Å². The van der Waals surface area contributed by atoms with Gasteiger partial charge in [0, 0.05) is 12.4 Å². The lowest BCUT2D eigenvalue weighted by atomic mass is 10.2. The number of hydrogen-bond donors (Lipinski definition) is 1. The Morgan fingerprint density at radius 2 is 1.77 bits per heavy atom. The molecule has 4 aromatic rings. The summed E-state index contributed by atoms with van der Waals surface area (Å²) in [5.74, 6) is 1.25. The Morgan fingerprint density at radius 1 is 0.909 bits per heavy atom. The van der Waals surface area contributed by atoms with E-state index in [9.17, 15) is 0 Å². The molecule has 0 bridgehead atoms. The number of hydrogen-bond acceptors (Lipinski definition) is 5. The minimum atomic E-state index is 0.577. The summed E-state index contributed by atoms with van der Waals surface area (Å²) in [7, 11) is 0. The molecule has 106 valence electrons. The molecule has 0 fully saturated rings. The number of fused-ring (bicyclic) bond motifs is 1. The third-order valence-corrected chi connectivity index (χ3v) is 3.28. The van der Waals surface area contributed by atoms with Crippen LogP contribution >= 0.6 is 0 Å². The first-order valence-corrected chi connectivity index (χ1v) is 6.88. The fourth-order valence-electron chi connectivity index (χ4n) is 2.27. The Labute approximate surface area is 126 Å². The van der Waals surface area contributed by atoms with E-state index in [-0.39, 0.29) is 0 Å². The van der Waals surface area contributed by atoms with Crippen molar-refractivity contribution in [3.8, 4) is 11.5 Å². The smallest absolute Gasteiger partial charge is 0.229 e. The minimum Gasteiger partial charge on any atom is -0.436 e. The summed E-state index contributed by atoms with van der Waals surface area (Å²) in [5.41, 5.74) is 3.36. The molecule has 4 rings (SSSR count). The van der Waals surface area contributed by atoms with Crippen LogP contribution in [-0.4, -0.2) is 15.0 Å². The van der Waals surface area contributed by atoms with Crippen LogP contribution in [0.3, 0.4) is 0 Å². The molecule has 2 aromatic heterocycles. The fraction of sp³-hybridized carbons (Fsp3) is 0. The van der Waals surface area contributed by atoms with Crippen molar-refractivity contribution in [3.63, 3.8) is 0 Å². The Morgan fingerprint density at radius 3 is 2.64 bits per heavy atom. The molecule has 2 heterocycles. The van der Waals surface area contributed by atoms with Gasteiger partial charge < -0.3 is 9.73 Å². The zero-order chi connectivity index (χ0) is 14.8. The van der Waals surface area contributed by atoms with Crippen molar-refractivity contribution in [3.05, 3.63) is 67.1 Å². The molecule has 22 heavy (non-hydrogen) atoms. The number of anilines is 2. The van der Waals surface area contributed by atoms with Gasteiger partial charge in [-0.3, -0.25) is 4.98 Å². The topological polar surface area (TPSA) is 63.8 Å². The number of oxazole rings is 1. The summed E-state index contributed by atoms with van der Waals surface area (Å²) in [6, 6.07) is 15.5. The summed E-state index contributed by atoms with van der Waals surface area (Å²) < 4.78 is 5.85. The van der Waals surface area contributed by atoms with Gasteiger partial charge >= 0.3 is 0 Å². The number of rotatable bonds is 3. The molecular weight excluding hydrogens is 276 g/mol. The van der Waals surface area contributed by atoms with Crippen LogP contribution in [-0.2, 0) is 0 Å². The van der Waals surface area contributed by atoms with Crippen LogP contribution in [0.5, 0.6) is 0 Å². The molecule has 0 amide bonds. The van der Waals surface area contributed by atoms with Gasteiger partial charge in [0.05, 0.1) is 17.4 Å². The van der Waals surface area contributed by atoms with E-state index in [1.165, 1.54) is 0 Å². The van der Waals surface area contributed by atoms with Gasteiger partial charge in [0.2, 0.25) is 5.89 Å². The SMILES string of the molecule is c1ccc(-c2nc3ccccc3o2)c(Nc2cnccn2)c1. The van der Waals surface area contributed by atoms with Crippen molar-refractivity contribution in [1.29, 1.82) is 0 Å². The number of para-hydroxylation sites is 3. The number of aromatic nitrogens is 3. The van der Waals surface area contributed by atoms with Gasteiger partial charge in [-0.1, -0.05) is 24.3 Å². The molecule has 2 aromatic carbocycles. The van der Waals surface area contributed by atoms with Crippen molar-refractivity contribution in [1.82, 2.24) is 15.0 Å². The number of benzene rings is 2. The Balaban J connectivity index is 1.78. The zero-order valence-electron chi connectivity index (χ0n) is 11.6. The Bertz CT molecular complexity index is 885. The van der Waals surface area contributed by atoms with Gasteiger partial charge in [-0.15, -0.1) is 0 Å². The first-order chi connectivity index (χ1) is 10.9. The van der Waals surface area contributed by atoms with E-state index in [1.54, 1.807) is 18.6 Å². The van der Waals surface area contributed by atoms with E-state index in [0.717, 1.165) is 22.4 Å². The lowest BCUT2D eigenvalue weighted by molar-refractivity contribution is 0.620. The first-order valence-electron chi connectivity index (χ1n) is 6.88. The molecule has 0 aliphatic rings. The molecule has 5 nitrogen and oxygen atoms in total. The van der Waals surface area contributed by atoms with Crippen LogP contribution in [0.2, 0.25) is 0 Å². The second-order valence-electron chi connectivity index (χ2n) is 4.75. The van der Waals surface area contributed by atoms with Crippen LogP contribution in [0, 0.1) is 0 Å². The van der Waals surface area contributed by atoms with E-state index in [1.807, 2.05) is 48.5 Å². The third-order valence-electron chi connectivity index (χ3n) is 3.28. The maximum absolute atomic E-state index is 5.85. The maximum atomic E-state index is 5.85. The fourth-order valence-corrected chi connectivity index (χ4v) is 2.27. The molecular formula is C17H12N4O. The number of nitrogens with one attached hydrogen (secondary N) is 1. The van der Waals surface area contributed by atoms with Gasteiger partial charge in [-0.25, -0.2) is 9.97 Å². The summed E-state index contributed by atoms with van der Waals surface area (Å²) in [4.78, 5) is 12.8. The molecule has 5 heteroatoms. The van der Waals surface area contributed by atoms with Crippen LogP contribution in [0.15, 0.2) is 71.5 Å². The van der Waals surface area contributed by atoms with Gasteiger partial charge in [-0.05, 0) is 24.3 Å². The lowest BCUT2D eigenvalue weighted by Crippen LogP contribution is -1.95. The Hall–Kier alpha value is -3.21. The highest BCUT2D eigenvalue weighted by Gasteiger charge is 2.12. The molecule has 0 unspecified atom stereocenters. The van der Waals surface area contributed by atoms with Crippen LogP contribution < -0.4 is 5.32 Å². The molecule has 0 radical (unpaired) electrons. The van der Waals surface area contributed by atoms with E-state index < -0.39 is 0 Å². The molecule has 0 spiro atoms. The third kappa shape index (κ3) is 2.29. The molecule has 0 aliphatic carbocycles. The molecule has 0 aliphatic heterocycles. The quantitative estimate of drug-likeness (QED) is 0.616. The van der Waals surface area contributed by atoms with Crippen molar-refractivity contribution in [2.75, 3.05) is 5.32 Å². The average molecular weight is 288 g/mol. The molecule has 0 saturated carbocycles. The average Bonchev–Trinajstić information content (AvgIpc) is 3.00. The summed E-state index contributed by atoms with van der Waals surface area (Å²) in [5, 5.41) is 3.24. The summed E-state index contributed by atoms with van der Waals surface area (Å²) in [6.07, 6.45) is 4.95. The van der Waals surface area contributed by atoms with E-state index in [0.29, 0.717) is 11.7 Å². The molecule has 0 saturated heterocycles. The van der Waals surface area contributed by atoms with Crippen molar-refractivity contribution in [2.45, 2.75) is 0 Å². The molecule has 1 N–H and O–H groups in total. The lowest BCUT2D eigenvalue weighted by Gasteiger charge is -2.08. The molecule has 0 atom stereocenters. The van der Waals surface area contributed by atoms with Crippen molar-refractivity contribution < 1.29 is 4.42 Å². The second kappa shape index (κ2) is 5.29. The normalized spacial score (nSPS) is 10.7. The van der Waals surface area contributed by atoms with Gasteiger partial charge in [0.15, 0.2) is 5.58 Å². The highest BCUT2D eigenvalue weighted by molar-refractivity contribution is 5.81. The minimum absolute atomic E-state index is 0.577. The van der Waals surface area contributed by atoms with Gasteiger partial charge in [0.1, 0.15) is 11.3 Å². The van der Waals surface area contributed by atoms with Crippen molar-refractivity contribution in [2.24, 2.45) is 0 Å². The van der Waals surface area contributed by atoms with Crippen LogP contribution in [0.4, 0.5) is 11.5 Å². The van der Waals surface area contributed by atoms with Crippen molar-refractivity contribution >= 4 is 22.6 Å². The monoisotopic (exact) mass is 288 g/mol. The van der Waals surface area contributed by atoms with Crippen LogP contribution in [0.1, 0.15) is 0 Å². The Kier molecular flexibility index (Phi) is 3.01. The largest absolute Gasteiger partial charge is 0.436 e. The zero-order valence-corrected chi connectivity index (χ0v) is 11.6. The summed E-state index contributed by atoms with van der Waals surface area (Å²) in [6.45, 7) is 0. The predicted octanol–water partition coefficient (Wildman–Crippen LogP) is 4.03. The van der Waals surface area contributed by atoms with E-state index >= 15 is 0 Å². The highest BCUT2D eigenvalue weighted by atomic mass is 16.3. The number of nitrogens with zero attached hydrogens (tertiary/aromatic N) is 3. The van der Waals surface area contributed by atoms with Crippen LogP contribution in [0.25, 0.3) is 22.6 Å². The summed E-state index contributed by atoms with van der Waals surface area (Å²) >= 11 is 0. The van der Waals surface area contributed by atoms with E-state index in [2.05, 4.69) is 20.3 Å². The van der Waals surface area contributed by atoms with E-state index in [4.69, 9.17) is 4.42 Å². The second-order valence-corrected chi connectivity index (χ2v) is 4.75. The van der Waals surface area contributed by atoms with Gasteiger partial charge in [0.25, 0.3) is 0 Å². The first kappa shape index (κ1) is 12.5. The standard InChI is InChI=1S/C17H12N4O/c1-2-6-13(20-16-11-18-9-10-19-16)12(5-1)17-21-14-7-3-4-8-15(14)22-17/h1-11H,(H,19,20). The highest BCUT2D eigenvalue weighted by Crippen LogP contribution is 2.31. The maximum Gasteiger partial charge on any atom is 0.229 e.